The van der Waals surface area contributed by atoms with Crippen LogP contribution in [0.3, 0.4) is 0 Å². The molecule has 0 saturated heterocycles. The molecule has 0 aliphatic rings. The van der Waals surface area contributed by atoms with E-state index in [9.17, 15) is 9.50 Å². The third-order valence-corrected chi connectivity index (χ3v) is 5.19. The number of hydrogen-bond donors (Lipinski definition) is 1. The second-order valence-corrected chi connectivity index (χ2v) is 8.42. The number of ether oxygens (including phenoxy) is 2. The zero-order valence-electron chi connectivity index (χ0n) is 19.9. The fraction of sp³-hybridized carbons (Fsp3) is 0.423. The van der Waals surface area contributed by atoms with Crippen molar-refractivity contribution in [3.63, 3.8) is 0 Å². The summed E-state index contributed by atoms with van der Waals surface area (Å²) in [5.41, 5.74) is 2.47. The van der Waals surface area contributed by atoms with Crippen LogP contribution in [0.15, 0.2) is 54.6 Å². The monoisotopic (exact) mass is 455 g/mol. The highest BCUT2D eigenvalue weighted by Crippen LogP contribution is 2.32. The lowest BCUT2D eigenvalue weighted by molar-refractivity contribution is -0.00957. The van der Waals surface area contributed by atoms with Crippen LogP contribution in [0, 0.1) is 12.7 Å². The van der Waals surface area contributed by atoms with E-state index in [-0.39, 0.29) is 18.5 Å². The van der Waals surface area contributed by atoms with Crippen LogP contribution in [0.25, 0.3) is 5.69 Å². The molecule has 0 amide bonds. The Morgan fingerprint density at radius 3 is 2.45 bits per heavy atom. The minimum absolute atomic E-state index is 0.0615. The minimum Gasteiger partial charge on any atom is -0.435 e. The molecule has 6 nitrogen and oxygen atoms in total. The lowest BCUT2D eigenvalue weighted by Crippen LogP contribution is -2.35. The van der Waals surface area contributed by atoms with Crippen molar-refractivity contribution in [1.82, 2.24) is 14.7 Å². The van der Waals surface area contributed by atoms with Gasteiger partial charge in [0.05, 0.1) is 35.8 Å². The second-order valence-electron chi connectivity index (χ2n) is 8.42. The van der Waals surface area contributed by atoms with Crippen LogP contribution in [-0.4, -0.2) is 51.7 Å². The van der Waals surface area contributed by atoms with Crippen molar-refractivity contribution in [2.75, 3.05) is 19.7 Å². The minimum atomic E-state index is -0.612. The molecule has 1 heterocycles. The smallest absolute Gasteiger partial charge is 0.227 e. The molecule has 0 fully saturated rings. The van der Waals surface area contributed by atoms with Crippen molar-refractivity contribution in [3.05, 3.63) is 71.7 Å². The van der Waals surface area contributed by atoms with Gasteiger partial charge in [-0.2, -0.15) is 5.10 Å². The molecule has 0 saturated carbocycles. The Kier molecular flexibility index (Phi) is 9.00. The predicted molar refractivity (Wildman–Crippen MR) is 127 cm³/mol. The average molecular weight is 456 g/mol. The first-order valence-corrected chi connectivity index (χ1v) is 11.5. The molecule has 1 aromatic heterocycles. The van der Waals surface area contributed by atoms with Crippen LogP contribution in [0.2, 0.25) is 0 Å². The number of aliphatic hydroxyl groups is 1. The first-order chi connectivity index (χ1) is 15.9. The zero-order valence-corrected chi connectivity index (χ0v) is 19.9. The van der Waals surface area contributed by atoms with Gasteiger partial charge in [-0.25, -0.2) is 9.07 Å². The summed E-state index contributed by atoms with van der Waals surface area (Å²) < 4.78 is 27.8. The molecule has 0 bridgehead atoms. The number of aliphatic hydroxyl groups excluding tert-OH is 1. The van der Waals surface area contributed by atoms with E-state index in [1.807, 2.05) is 51.1 Å². The number of aryl methyl sites for hydroxylation is 1. The van der Waals surface area contributed by atoms with Crippen molar-refractivity contribution in [2.24, 2.45) is 0 Å². The third-order valence-electron chi connectivity index (χ3n) is 5.19. The summed E-state index contributed by atoms with van der Waals surface area (Å²) in [6.45, 7) is 9.94. The van der Waals surface area contributed by atoms with Crippen molar-refractivity contribution in [1.29, 1.82) is 0 Å². The molecule has 0 aliphatic heterocycles. The molecule has 1 unspecified atom stereocenters. The maximum atomic E-state index is 14.4. The Hall–Kier alpha value is -2.74. The van der Waals surface area contributed by atoms with Crippen molar-refractivity contribution < 1.29 is 19.0 Å². The summed E-state index contributed by atoms with van der Waals surface area (Å²) in [5.74, 6) is 0.176. The van der Waals surface area contributed by atoms with Crippen LogP contribution in [0.4, 0.5) is 4.39 Å². The zero-order chi connectivity index (χ0) is 23.8. The van der Waals surface area contributed by atoms with E-state index in [4.69, 9.17) is 14.6 Å². The summed E-state index contributed by atoms with van der Waals surface area (Å²) in [5, 5.41) is 15.2. The van der Waals surface area contributed by atoms with Crippen LogP contribution in [0.5, 0.6) is 11.6 Å². The van der Waals surface area contributed by atoms with Crippen LogP contribution in [0.1, 0.15) is 38.4 Å². The van der Waals surface area contributed by atoms with Gasteiger partial charge in [0.1, 0.15) is 0 Å². The fourth-order valence-electron chi connectivity index (χ4n) is 3.63. The molecule has 7 heteroatoms. The SMILES string of the molecule is CCCN(Cc1c(C)nn(-c2ccccc2)c1Oc1ccccc1F)CC(O)COC(C)C. The summed E-state index contributed by atoms with van der Waals surface area (Å²) in [6, 6.07) is 16.0. The van der Waals surface area contributed by atoms with Crippen LogP contribution >= 0.6 is 0 Å². The number of rotatable bonds is 12. The van der Waals surface area contributed by atoms with E-state index in [2.05, 4.69) is 11.8 Å². The van der Waals surface area contributed by atoms with Gasteiger partial charge in [-0.3, -0.25) is 4.90 Å². The number of para-hydroxylation sites is 2. The second kappa shape index (κ2) is 11.9. The number of hydrogen-bond acceptors (Lipinski definition) is 5. The Bertz CT molecular complexity index is 1010. The fourth-order valence-corrected chi connectivity index (χ4v) is 3.63. The van der Waals surface area contributed by atoms with Gasteiger partial charge in [0.2, 0.25) is 5.88 Å². The molecular weight excluding hydrogens is 421 g/mol. The highest BCUT2D eigenvalue weighted by Gasteiger charge is 2.23. The molecule has 0 aliphatic carbocycles. The maximum absolute atomic E-state index is 14.4. The number of halogens is 1. The Balaban J connectivity index is 1.93. The van der Waals surface area contributed by atoms with Gasteiger partial charge >= 0.3 is 0 Å². The van der Waals surface area contributed by atoms with Gasteiger partial charge in [-0.05, 0) is 58.0 Å². The van der Waals surface area contributed by atoms with Gasteiger partial charge in [0.15, 0.2) is 11.6 Å². The highest BCUT2D eigenvalue weighted by atomic mass is 19.1. The van der Waals surface area contributed by atoms with Crippen LogP contribution in [-0.2, 0) is 11.3 Å². The first-order valence-electron chi connectivity index (χ1n) is 11.5. The Morgan fingerprint density at radius 1 is 1.09 bits per heavy atom. The molecule has 33 heavy (non-hydrogen) atoms. The summed E-state index contributed by atoms with van der Waals surface area (Å²) >= 11 is 0. The molecule has 3 rings (SSSR count). The van der Waals surface area contributed by atoms with Gasteiger partial charge in [0, 0.05) is 13.1 Å². The third kappa shape index (κ3) is 6.87. The molecular formula is C26H34FN3O3. The largest absolute Gasteiger partial charge is 0.435 e. The van der Waals surface area contributed by atoms with Crippen molar-refractivity contribution in [3.8, 4) is 17.3 Å². The van der Waals surface area contributed by atoms with E-state index in [1.165, 1.54) is 6.07 Å². The maximum Gasteiger partial charge on any atom is 0.227 e. The lowest BCUT2D eigenvalue weighted by atomic mass is 10.2. The standard InChI is InChI=1S/C26H34FN3O3/c1-5-15-29(16-22(31)18-32-19(2)3)17-23-20(4)28-30(21-11-7-6-8-12-21)26(23)33-25-14-10-9-13-24(25)27/h6-14,19,22,31H,5,15-18H2,1-4H3. The highest BCUT2D eigenvalue weighted by molar-refractivity contribution is 5.43. The average Bonchev–Trinajstić information content (AvgIpc) is 3.09. The van der Waals surface area contributed by atoms with Gasteiger partial charge in [-0.1, -0.05) is 37.3 Å². The molecule has 1 N–H and O–H groups in total. The number of aromatic nitrogens is 2. The van der Waals surface area contributed by atoms with E-state index in [0.29, 0.717) is 19.0 Å². The summed E-state index contributed by atoms with van der Waals surface area (Å²) in [6.07, 6.45) is 0.374. The van der Waals surface area contributed by atoms with E-state index >= 15 is 0 Å². The first kappa shape index (κ1) is 24.9. The molecule has 2 aromatic carbocycles. The molecule has 3 aromatic rings. The normalized spacial score (nSPS) is 12.5. The summed E-state index contributed by atoms with van der Waals surface area (Å²) in [7, 11) is 0. The van der Waals surface area contributed by atoms with Crippen LogP contribution < -0.4 is 4.74 Å². The van der Waals surface area contributed by atoms with Gasteiger partial charge in [0.25, 0.3) is 0 Å². The molecule has 0 spiro atoms. The summed E-state index contributed by atoms with van der Waals surface area (Å²) in [4.78, 5) is 2.15. The van der Waals surface area contributed by atoms with E-state index < -0.39 is 11.9 Å². The van der Waals surface area contributed by atoms with Crippen molar-refractivity contribution >= 4 is 0 Å². The topological polar surface area (TPSA) is 59.8 Å². The number of nitrogens with zero attached hydrogens (tertiary/aromatic N) is 3. The molecule has 1 atom stereocenters. The molecule has 0 radical (unpaired) electrons. The Morgan fingerprint density at radius 2 is 1.79 bits per heavy atom. The van der Waals surface area contributed by atoms with E-state index in [1.54, 1.807) is 22.9 Å². The van der Waals surface area contributed by atoms with Crippen molar-refractivity contribution in [2.45, 2.75) is 52.9 Å². The number of benzene rings is 2. The van der Waals surface area contributed by atoms with Gasteiger partial charge in [-0.15, -0.1) is 0 Å². The Labute approximate surface area is 195 Å². The predicted octanol–water partition coefficient (Wildman–Crippen LogP) is 5.11. The quantitative estimate of drug-likeness (QED) is 0.411. The van der Waals surface area contributed by atoms with E-state index in [0.717, 1.165) is 29.9 Å². The van der Waals surface area contributed by atoms with Gasteiger partial charge < -0.3 is 14.6 Å². The molecule has 178 valence electrons. The lowest BCUT2D eigenvalue weighted by Gasteiger charge is -2.25.